The maximum absolute atomic E-state index is 12.8. The third-order valence-electron chi connectivity index (χ3n) is 6.21. The smallest absolute Gasteiger partial charge is 0.407 e. The zero-order valence-corrected chi connectivity index (χ0v) is 19.2. The first-order valence-electron chi connectivity index (χ1n) is 11.0. The number of benzene rings is 1. The number of carbonyl (C=O) groups is 2. The van der Waals surface area contributed by atoms with Gasteiger partial charge in [0, 0.05) is 11.2 Å². The molecule has 1 saturated carbocycles. The van der Waals surface area contributed by atoms with Crippen LogP contribution >= 0.6 is 11.3 Å². The molecule has 4 atom stereocenters. The lowest BCUT2D eigenvalue weighted by atomic mass is 9.75. The van der Waals surface area contributed by atoms with Crippen molar-refractivity contribution in [1.82, 2.24) is 10.6 Å². The summed E-state index contributed by atoms with van der Waals surface area (Å²) in [6.45, 7) is 6.59. The van der Waals surface area contributed by atoms with Gasteiger partial charge >= 0.3 is 6.09 Å². The maximum atomic E-state index is 12.8. The van der Waals surface area contributed by atoms with Crippen molar-refractivity contribution in [2.45, 2.75) is 52.1 Å². The Bertz CT molecular complexity index is 949. The van der Waals surface area contributed by atoms with E-state index in [1.54, 1.807) is 11.3 Å². The predicted octanol–water partition coefficient (Wildman–Crippen LogP) is 4.81. The topological polar surface area (TPSA) is 91.2 Å². The molecule has 0 bridgehead atoms. The third-order valence-corrected chi connectivity index (χ3v) is 7.20. The van der Waals surface area contributed by atoms with Gasteiger partial charge in [0.25, 0.3) is 0 Å². The molecule has 3 rings (SSSR count). The first kappa shape index (κ1) is 23.1. The van der Waals surface area contributed by atoms with Gasteiger partial charge in [0.1, 0.15) is 12.6 Å². The van der Waals surface area contributed by atoms with E-state index in [2.05, 4.69) is 31.4 Å². The number of amides is 2. The summed E-state index contributed by atoms with van der Waals surface area (Å²) in [6.07, 6.45) is 2.52. The molecule has 1 aromatic heterocycles. The van der Waals surface area contributed by atoms with Crippen molar-refractivity contribution in [2.24, 2.45) is 17.8 Å². The number of rotatable bonds is 7. The van der Waals surface area contributed by atoms with E-state index >= 15 is 0 Å². The molecule has 1 aliphatic rings. The van der Waals surface area contributed by atoms with Crippen molar-refractivity contribution in [3.8, 4) is 6.07 Å². The van der Waals surface area contributed by atoms with Gasteiger partial charge in [0.2, 0.25) is 5.91 Å². The lowest BCUT2D eigenvalue weighted by molar-refractivity contribution is -0.122. The van der Waals surface area contributed by atoms with Crippen molar-refractivity contribution in [3.05, 3.63) is 35.2 Å². The fourth-order valence-corrected chi connectivity index (χ4v) is 5.49. The van der Waals surface area contributed by atoms with Crippen LogP contribution in [0, 0.1) is 29.1 Å². The highest BCUT2D eigenvalue weighted by molar-refractivity contribution is 7.17. The minimum Gasteiger partial charge on any atom is -0.446 e. The van der Waals surface area contributed by atoms with Crippen LogP contribution in [-0.2, 0) is 9.53 Å². The Kier molecular flexibility index (Phi) is 7.91. The first-order chi connectivity index (χ1) is 14.9. The molecule has 2 N–H and O–H groups in total. The van der Waals surface area contributed by atoms with Crippen LogP contribution in [0.25, 0.3) is 10.1 Å². The normalized spacial score (nSPS) is 22.0. The summed E-state index contributed by atoms with van der Waals surface area (Å²) >= 11 is 1.56. The highest BCUT2D eigenvalue weighted by Gasteiger charge is 2.34. The molecule has 4 unspecified atom stereocenters. The second-order valence-corrected chi connectivity index (χ2v) is 9.68. The van der Waals surface area contributed by atoms with Gasteiger partial charge in [-0.25, -0.2) is 4.79 Å². The van der Waals surface area contributed by atoms with Gasteiger partial charge in [-0.2, -0.15) is 5.26 Å². The minimum atomic E-state index is -0.594. The van der Waals surface area contributed by atoms with Crippen LogP contribution in [0.3, 0.4) is 0 Å². The van der Waals surface area contributed by atoms with E-state index in [4.69, 9.17) is 10.00 Å². The molecule has 0 aliphatic heterocycles. The number of nitriles is 1. The average Bonchev–Trinajstić information content (AvgIpc) is 3.16. The molecule has 2 aromatic rings. The van der Waals surface area contributed by atoms with Crippen LogP contribution in [0.5, 0.6) is 0 Å². The van der Waals surface area contributed by atoms with Crippen LogP contribution in [0.2, 0.25) is 0 Å². The molecule has 31 heavy (non-hydrogen) atoms. The summed E-state index contributed by atoms with van der Waals surface area (Å²) in [5.41, 5.74) is 0.850. The molecule has 1 fully saturated rings. The van der Waals surface area contributed by atoms with Gasteiger partial charge in [-0.1, -0.05) is 45.4 Å². The van der Waals surface area contributed by atoms with Gasteiger partial charge < -0.3 is 15.4 Å². The Morgan fingerprint density at radius 1 is 1.26 bits per heavy atom. The van der Waals surface area contributed by atoms with Gasteiger partial charge in [0.15, 0.2) is 0 Å². The molecule has 7 heteroatoms. The van der Waals surface area contributed by atoms with Gasteiger partial charge in [-0.3, -0.25) is 4.79 Å². The number of thiophene rings is 1. The van der Waals surface area contributed by atoms with E-state index in [1.165, 1.54) is 0 Å². The summed E-state index contributed by atoms with van der Waals surface area (Å²) in [7, 11) is 0. The van der Waals surface area contributed by atoms with E-state index in [0.29, 0.717) is 17.8 Å². The lowest BCUT2D eigenvalue weighted by Gasteiger charge is -2.36. The average molecular weight is 442 g/mol. The fourth-order valence-electron chi connectivity index (χ4n) is 4.48. The third kappa shape index (κ3) is 5.76. The van der Waals surface area contributed by atoms with Crippen molar-refractivity contribution >= 4 is 33.4 Å². The van der Waals surface area contributed by atoms with E-state index in [-0.39, 0.29) is 25.1 Å². The molecule has 166 valence electrons. The SMILES string of the molecule is CC1CCC(C(C)C)C(OC(=O)NCC(C(=O)NCC#N)c2csc3ccccc23)C1. The standard InChI is InChI=1S/C24H31N3O3S/c1-15(2)17-9-8-16(3)12-21(17)30-24(29)27-13-19(23(28)26-11-10-25)20-14-31-22-7-5-4-6-18(20)22/h4-7,14-17,19,21H,8-9,11-13H2,1-3H3,(H,26,28)(H,27,29). The Morgan fingerprint density at radius 3 is 2.77 bits per heavy atom. The predicted molar refractivity (Wildman–Crippen MR) is 123 cm³/mol. The molecule has 1 aromatic carbocycles. The molecule has 0 radical (unpaired) electrons. The van der Waals surface area contributed by atoms with Gasteiger partial charge in [-0.15, -0.1) is 11.3 Å². The monoisotopic (exact) mass is 441 g/mol. The summed E-state index contributed by atoms with van der Waals surface area (Å²) in [5, 5.41) is 17.2. The highest BCUT2D eigenvalue weighted by Crippen LogP contribution is 2.35. The molecular weight excluding hydrogens is 410 g/mol. The van der Waals surface area contributed by atoms with Crippen LogP contribution < -0.4 is 10.6 Å². The quantitative estimate of drug-likeness (QED) is 0.603. The number of ether oxygens (including phenoxy) is 1. The second-order valence-electron chi connectivity index (χ2n) is 8.77. The molecule has 6 nitrogen and oxygen atoms in total. The number of nitrogens with zero attached hydrogens (tertiary/aromatic N) is 1. The van der Waals surface area contributed by atoms with Crippen molar-refractivity contribution < 1.29 is 14.3 Å². The zero-order valence-electron chi connectivity index (χ0n) is 18.4. The lowest BCUT2D eigenvalue weighted by Crippen LogP contribution is -2.41. The summed E-state index contributed by atoms with van der Waals surface area (Å²) in [5.74, 6) is 0.471. The van der Waals surface area contributed by atoms with Crippen LogP contribution in [0.1, 0.15) is 51.5 Å². The molecule has 2 amide bonds. The zero-order chi connectivity index (χ0) is 22.4. The molecule has 1 heterocycles. The van der Waals surface area contributed by atoms with E-state index < -0.39 is 12.0 Å². The number of fused-ring (bicyclic) bond motifs is 1. The Hall–Kier alpha value is -2.59. The second kappa shape index (κ2) is 10.6. The van der Waals surface area contributed by atoms with Crippen LogP contribution in [0.15, 0.2) is 29.6 Å². The van der Waals surface area contributed by atoms with Gasteiger partial charge in [0.05, 0.1) is 12.0 Å². The van der Waals surface area contributed by atoms with E-state index in [9.17, 15) is 9.59 Å². The first-order valence-corrected chi connectivity index (χ1v) is 11.8. The highest BCUT2D eigenvalue weighted by atomic mass is 32.1. The summed E-state index contributed by atoms with van der Waals surface area (Å²) in [4.78, 5) is 25.4. The number of alkyl carbamates (subject to hydrolysis) is 1. The largest absolute Gasteiger partial charge is 0.446 e. The van der Waals surface area contributed by atoms with Crippen molar-refractivity contribution in [1.29, 1.82) is 5.26 Å². The van der Waals surface area contributed by atoms with Crippen molar-refractivity contribution in [3.63, 3.8) is 0 Å². The molecular formula is C24H31N3O3S. The Labute approximate surface area is 188 Å². The maximum Gasteiger partial charge on any atom is 0.407 e. The summed E-state index contributed by atoms with van der Waals surface area (Å²) in [6, 6.07) is 9.80. The number of carbonyl (C=O) groups excluding carboxylic acids is 2. The van der Waals surface area contributed by atoms with E-state index in [0.717, 1.165) is 34.9 Å². The molecule has 0 spiro atoms. The number of hydrogen-bond donors (Lipinski definition) is 2. The van der Waals surface area contributed by atoms with Crippen molar-refractivity contribution in [2.75, 3.05) is 13.1 Å². The fraction of sp³-hybridized carbons (Fsp3) is 0.542. The summed E-state index contributed by atoms with van der Waals surface area (Å²) < 4.78 is 6.90. The van der Waals surface area contributed by atoms with Crippen LogP contribution in [-0.4, -0.2) is 31.2 Å². The minimum absolute atomic E-state index is 0.0715. The van der Waals surface area contributed by atoms with Gasteiger partial charge in [-0.05, 0) is 53.0 Å². The molecule has 0 saturated heterocycles. The van der Waals surface area contributed by atoms with E-state index in [1.807, 2.05) is 35.7 Å². The Balaban J connectivity index is 1.70. The molecule has 1 aliphatic carbocycles. The Morgan fingerprint density at radius 2 is 2.03 bits per heavy atom. The number of hydrogen-bond acceptors (Lipinski definition) is 5. The van der Waals surface area contributed by atoms with Crippen LogP contribution in [0.4, 0.5) is 4.79 Å². The number of nitrogens with one attached hydrogen (secondary N) is 2.